The van der Waals surface area contributed by atoms with Crippen LogP contribution in [0.1, 0.15) is 46.1 Å². The van der Waals surface area contributed by atoms with Crippen molar-refractivity contribution in [1.82, 2.24) is 20.5 Å². The summed E-state index contributed by atoms with van der Waals surface area (Å²) < 4.78 is 11.1. The highest BCUT2D eigenvalue weighted by molar-refractivity contribution is 14.0. The maximum atomic E-state index is 5.60. The number of aromatic nitrogens is 1. The second-order valence-electron chi connectivity index (χ2n) is 7.77. The van der Waals surface area contributed by atoms with Gasteiger partial charge >= 0.3 is 0 Å². The quantitative estimate of drug-likeness (QED) is 0.273. The molecule has 7 nitrogen and oxygen atoms in total. The Morgan fingerprint density at radius 3 is 2.43 bits per heavy atom. The third kappa shape index (κ3) is 8.93. The van der Waals surface area contributed by atoms with Crippen molar-refractivity contribution in [2.75, 3.05) is 39.9 Å². The lowest BCUT2D eigenvalue weighted by molar-refractivity contribution is 0.00272. The second kappa shape index (κ2) is 14.8. The molecule has 1 aromatic rings. The number of rotatable bonds is 10. The molecule has 0 spiro atoms. The van der Waals surface area contributed by atoms with E-state index >= 15 is 0 Å². The minimum Gasteiger partial charge on any atom is -0.475 e. The van der Waals surface area contributed by atoms with Crippen LogP contribution in [0, 0.1) is 5.92 Å². The summed E-state index contributed by atoms with van der Waals surface area (Å²) in [4.78, 5) is 11.3. The largest absolute Gasteiger partial charge is 0.475 e. The molecule has 30 heavy (non-hydrogen) atoms. The van der Waals surface area contributed by atoms with E-state index in [-0.39, 0.29) is 30.1 Å². The van der Waals surface area contributed by atoms with Crippen molar-refractivity contribution in [2.24, 2.45) is 10.9 Å². The van der Waals surface area contributed by atoms with Crippen LogP contribution in [0.2, 0.25) is 0 Å². The maximum absolute atomic E-state index is 5.60. The third-order valence-corrected chi connectivity index (χ3v) is 5.42. The minimum atomic E-state index is 0. The molecule has 172 valence electrons. The van der Waals surface area contributed by atoms with Crippen LogP contribution in [-0.2, 0) is 11.3 Å². The first kappa shape index (κ1) is 26.9. The number of aliphatic imine (C=N–C) groups is 1. The monoisotopic (exact) mass is 533 g/mol. The lowest BCUT2D eigenvalue weighted by atomic mass is 9.92. The molecular formula is C22H40IN5O2. The van der Waals surface area contributed by atoms with Crippen LogP contribution >= 0.6 is 24.0 Å². The van der Waals surface area contributed by atoms with Crippen LogP contribution in [-0.4, -0.2) is 67.9 Å². The van der Waals surface area contributed by atoms with Gasteiger partial charge in [-0.25, -0.2) is 4.98 Å². The first-order chi connectivity index (χ1) is 14.1. The predicted molar refractivity (Wildman–Crippen MR) is 134 cm³/mol. The lowest BCUT2D eigenvalue weighted by Crippen LogP contribution is -2.53. The van der Waals surface area contributed by atoms with Gasteiger partial charge in [-0.2, -0.15) is 0 Å². The molecule has 2 N–H and O–H groups in total. The standard InChI is InChI=1S/C22H39N5O2.HI/c1-6-19(7-2)20(27-10-12-28-13-11-27)16-26-22(23-5)25-15-18-8-9-21(24-14-18)29-17(3)4;/h8-9,14,17,19-20H,6-7,10-13,15-16H2,1-5H3,(H2,23,25,26);1H. The highest BCUT2D eigenvalue weighted by Gasteiger charge is 2.26. The van der Waals surface area contributed by atoms with Crippen molar-refractivity contribution in [3.8, 4) is 5.88 Å². The van der Waals surface area contributed by atoms with Crippen LogP contribution in [0.3, 0.4) is 0 Å². The van der Waals surface area contributed by atoms with Crippen molar-refractivity contribution in [3.63, 3.8) is 0 Å². The van der Waals surface area contributed by atoms with E-state index in [0.717, 1.165) is 44.4 Å². The Morgan fingerprint density at radius 2 is 1.90 bits per heavy atom. The summed E-state index contributed by atoms with van der Waals surface area (Å²) in [5, 5.41) is 6.93. The number of hydrogen-bond acceptors (Lipinski definition) is 5. The summed E-state index contributed by atoms with van der Waals surface area (Å²) in [6.07, 6.45) is 4.34. The molecule has 0 aromatic carbocycles. The van der Waals surface area contributed by atoms with Crippen LogP contribution < -0.4 is 15.4 Å². The number of ether oxygens (including phenoxy) is 2. The number of guanidine groups is 1. The summed E-state index contributed by atoms with van der Waals surface area (Å²) >= 11 is 0. The van der Waals surface area contributed by atoms with E-state index in [1.807, 2.05) is 39.2 Å². The normalized spacial score (nSPS) is 16.3. The van der Waals surface area contributed by atoms with E-state index in [1.165, 1.54) is 12.8 Å². The molecule has 0 bridgehead atoms. The highest BCUT2D eigenvalue weighted by atomic mass is 127. The number of halogens is 1. The Balaban J connectivity index is 0.00000450. The van der Waals surface area contributed by atoms with Crippen LogP contribution in [0.5, 0.6) is 5.88 Å². The topological polar surface area (TPSA) is 71.0 Å². The Bertz CT molecular complexity index is 602. The smallest absolute Gasteiger partial charge is 0.213 e. The average molecular weight is 533 g/mol. The Morgan fingerprint density at radius 1 is 1.20 bits per heavy atom. The van der Waals surface area contributed by atoms with Gasteiger partial charge in [-0.05, 0) is 25.3 Å². The van der Waals surface area contributed by atoms with Gasteiger partial charge in [-0.1, -0.05) is 32.8 Å². The van der Waals surface area contributed by atoms with Crippen molar-refractivity contribution < 1.29 is 9.47 Å². The van der Waals surface area contributed by atoms with E-state index in [2.05, 4.69) is 39.4 Å². The number of nitrogens with zero attached hydrogens (tertiary/aromatic N) is 3. The summed E-state index contributed by atoms with van der Waals surface area (Å²) in [5.41, 5.74) is 1.09. The zero-order valence-electron chi connectivity index (χ0n) is 19.2. The maximum Gasteiger partial charge on any atom is 0.213 e. The summed E-state index contributed by atoms with van der Waals surface area (Å²) in [7, 11) is 1.81. The van der Waals surface area contributed by atoms with Gasteiger partial charge in [0.15, 0.2) is 5.96 Å². The van der Waals surface area contributed by atoms with Crippen LogP contribution in [0.15, 0.2) is 23.3 Å². The molecule has 2 heterocycles. The van der Waals surface area contributed by atoms with E-state index in [9.17, 15) is 0 Å². The highest BCUT2D eigenvalue weighted by Crippen LogP contribution is 2.19. The van der Waals surface area contributed by atoms with E-state index in [1.54, 1.807) is 0 Å². The van der Waals surface area contributed by atoms with Crippen molar-refractivity contribution >= 4 is 29.9 Å². The van der Waals surface area contributed by atoms with Crippen LogP contribution in [0.4, 0.5) is 0 Å². The summed E-state index contributed by atoms with van der Waals surface area (Å²) in [6, 6.07) is 4.43. The molecule has 1 aliphatic heterocycles. The van der Waals surface area contributed by atoms with Crippen molar-refractivity contribution in [1.29, 1.82) is 0 Å². The number of morpholine rings is 1. The fraction of sp³-hybridized carbons (Fsp3) is 0.727. The molecule has 1 saturated heterocycles. The SMILES string of the molecule is CCC(CC)C(CNC(=NC)NCc1ccc(OC(C)C)nc1)N1CCOCC1.I. The molecule has 0 amide bonds. The number of hydrogen-bond donors (Lipinski definition) is 2. The second-order valence-corrected chi connectivity index (χ2v) is 7.77. The van der Waals surface area contributed by atoms with Gasteiger partial charge in [-0.3, -0.25) is 9.89 Å². The van der Waals surface area contributed by atoms with Gasteiger partial charge < -0.3 is 20.1 Å². The zero-order valence-corrected chi connectivity index (χ0v) is 21.5. The molecule has 0 aliphatic carbocycles. The summed E-state index contributed by atoms with van der Waals surface area (Å²) in [5.74, 6) is 2.14. The molecule has 1 fully saturated rings. The van der Waals surface area contributed by atoms with E-state index < -0.39 is 0 Å². The van der Waals surface area contributed by atoms with Crippen molar-refractivity contribution in [3.05, 3.63) is 23.9 Å². The lowest BCUT2D eigenvalue weighted by Gasteiger charge is -2.39. The van der Waals surface area contributed by atoms with Gasteiger partial charge in [0.1, 0.15) is 0 Å². The summed E-state index contributed by atoms with van der Waals surface area (Å²) in [6.45, 7) is 13.8. The van der Waals surface area contributed by atoms with Gasteiger partial charge in [0.05, 0.1) is 19.3 Å². The molecule has 2 rings (SSSR count). The molecule has 1 unspecified atom stereocenters. The molecule has 1 aromatic heterocycles. The first-order valence-corrected chi connectivity index (χ1v) is 10.9. The molecule has 0 radical (unpaired) electrons. The molecule has 1 aliphatic rings. The third-order valence-electron chi connectivity index (χ3n) is 5.42. The number of nitrogens with one attached hydrogen (secondary N) is 2. The fourth-order valence-electron chi connectivity index (χ4n) is 3.77. The van der Waals surface area contributed by atoms with Gasteiger partial charge in [0, 0.05) is 51.5 Å². The molecule has 8 heteroatoms. The number of pyridine rings is 1. The van der Waals surface area contributed by atoms with Crippen LogP contribution in [0.25, 0.3) is 0 Å². The molecule has 0 saturated carbocycles. The minimum absolute atomic E-state index is 0. The van der Waals surface area contributed by atoms with Crippen molar-refractivity contribution in [2.45, 2.75) is 59.2 Å². The van der Waals surface area contributed by atoms with E-state index in [4.69, 9.17) is 9.47 Å². The predicted octanol–water partition coefficient (Wildman–Crippen LogP) is 3.29. The zero-order chi connectivity index (χ0) is 21.1. The Hall–Kier alpha value is -1.13. The van der Waals surface area contributed by atoms with Gasteiger partial charge in [0.25, 0.3) is 0 Å². The van der Waals surface area contributed by atoms with Gasteiger partial charge in [-0.15, -0.1) is 24.0 Å². The Labute approximate surface area is 199 Å². The van der Waals surface area contributed by atoms with E-state index in [0.29, 0.717) is 24.4 Å². The van der Waals surface area contributed by atoms with Gasteiger partial charge in [0.2, 0.25) is 5.88 Å². The average Bonchev–Trinajstić information content (AvgIpc) is 2.74. The molecular weight excluding hydrogens is 493 g/mol. The Kier molecular flexibility index (Phi) is 13.3. The fourth-order valence-corrected chi connectivity index (χ4v) is 3.77. The first-order valence-electron chi connectivity index (χ1n) is 10.9. The molecule has 1 atom stereocenters.